The van der Waals surface area contributed by atoms with Crippen LogP contribution in [0.3, 0.4) is 0 Å². The first-order chi connectivity index (χ1) is 10.1. The Morgan fingerprint density at radius 1 is 1.48 bits per heavy atom. The minimum Gasteiger partial charge on any atom is -0.496 e. The largest absolute Gasteiger partial charge is 0.496 e. The Morgan fingerprint density at radius 2 is 2.29 bits per heavy atom. The van der Waals surface area contributed by atoms with E-state index in [1.165, 1.54) is 0 Å². The molecule has 1 aromatic carbocycles. The number of hydrogen-bond donors (Lipinski definition) is 1. The number of carbonyl (C=O) groups is 1. The Labute approximate surface area is 123 Å². The lowest BCUT2D eigenvalue weighted by molar-refractivity contribution is -0.116. The number of hydrogen-bond acceptors (Lipinski definition) is 3. The zero-order valence-electron chi connectivity index (χ0n) is 12.5. The van der Waals surface area contributed by atoms with Gasteiger partial charge in [0.1, 0.15) is 5.75 Å². The highest BCUT2D eigenvalue weighted by molar-refractivity contribution is 5.94. The monoisotopic (exact) mass is 285 g/mol. The Kier molecular flexibility index (Phi) is 3.41. The first kappa shape index (κ1) is 13.7. The quantitative estimate of drug-likeness (QED) is 0.943. The van der Waals surface area contributed by atoms with Gasteiger partial charge in [-0.05, 0) is 31.0 Å². The van der Waals surface area contributed by atoms with Crippen molar-refractivity contribution in [2.45, 2.75) is 32.7 Å². The molecule has 0 fully saturated rings. The van der Waals surface area contributed by atoms with E-state index in [0.29, 0.717) is 12.2 Å². The molecule has 0 radical (unpaired) electrons. The summed E-state index contributed by atoms with van der Waals surface area (Å²) in [7, 11) is 1.67. The molecule has 5 nitrogen and oxygen atoms in total. The third kappa shape index (κ3) is 2.39. The maximum Gasteiger partial charge on any atom is 0.226 e. The fourth-order valence-electron chi connectivity index (χ4n) is 2.85. The third-order valence-electron chi connectivity index (χ3n) is 3.96. The van der Waals surface area contributed by atoms with E-state index in [1.54, 1.807) is 7.11 Å². The van der Waals surface area contributed by atoms with Crippen molar-refractivity contribution < 1.29 is 9.53 Å². The summed E-state index contributed by atoms with van der Waals surface area (Å²) in [6, 6.07) is 6.08. The molecule has 110 valence electrons. The summed E-state index contributed by atoms with van der Waals surface area (Å²) in [5.74, 6) is 1.62. The lowest BCUT2D eigenvalue weighted by atomic mass is 9.86. The Hall–Kier alpha value is -2.30. The number of aryl methyl sites for hydroxylation is 2. The average molecular weight is 285 g/mol. The second-order valence-corrected chi connectivity index (χ2v) is 5.32. The van der Waals surface area contributed by atoms with Gasteiger partial charge in [0, 0.05) is 30.6 Å². The summed E-state index contributed by atoms with van der Waals surface area (Å²) in [4.78, 5) is 11.9. The van der Waals surface area contributed by atoms with E-state index in [9.17, 15) is 4.79 Å². The van der Waals surface area contributed by atoms with Crippen LogP contribution < -0.4 is 10.1 Å². The Balaban J connectivity index is 2.04. The third-order valence-corrected chi connectivity index (χ3v) is 3.96. The molecule has 0 spiro atoms. The summed E-state index contributed by atoms with van der Waals surface area (Å²) in [5.41, 5.74) is 3.28. The van der Waals surface area contributed by atoms with Gasteiger partial charge in [0.25, 0.3) is 0 Å². The zero-order chi connectivity index (χ0) is 15.0. The summed E-state index contributed by atoms with van der Waals surface area (Å²) < 4.78 is 7.16. The van der Waals surface area contributed by atoms with Crippen LogP contribution in [0.15, 0.2) is 24.4 Å². The standard InChI is InChI=1S/C16H19N3O2/c1-4-19-9-13-12(8-15(20)17-16(13)18-19)11-5-6-14(21-3)10(2)7-11/h5-7,9,12H,4,8H2,1-3H3,(H,17,18,20). The summed E-state index contributed by atoms with van der Waals surface area (Å²) in [6.45, 7) is 4.84. The van der Waals surface area contributed by atoms with E-state index in [0.717, 1.165) is 29.0 Å². The fourth-order valence-corrected chi connectivity index (χ4v) is 2.85. The molecule has 3 rings (SSSR count). The maximum atomic E-state index is 11.9. The molecule has 1 aromatic heterocycles. The molecule has 1 atom stereocenters. The molecule has 2 aromatic rings. The molecular formula is C16H19N3O2. The van der Waals surface area contributed by atoms with Crippen LogP contribution in [0, 0.1) is 6.92 Å². The molecule has 1 N–H and O–H groups in total. The number of nitrogens with one attached hydrogen (secondary N) is 1. The van der Waals surface area contributed by atoms with Crippen LogP contribution in [0.5, 0.6) is 5.75 Å². The predicted molar refractivity (Wildman–Crippen MR) is 80.7 cm³/mol. The summed E-state index contributed by atoms with van der Waals surface area (Å²) >= 11 is 0. The number of anilines is 1. The number of carbonyl (C=O) groups excluding carboxylic acids is 1. The molecule has 1 aliphatic rings. The fraction of sp³-hybridized carbons (Fsp3) is 0.375. The van der Waals surface area contributed by atoms with Crippen LogP contribution in [0.1, 0.15) is 36.0 Å². The lowest BCUT2D eigenvalue weighted by Crippen LogP contribution is -2.23. The molecule has 21 heavy (non-hydrogen) atoms. The highest BCUT2D eigenvalue weighted by Gasteiger charge is 2.29. The molecule has 1 aliphatic heterocycles. The molecule has 1 amide bonds. The molecule has 0 aliphatic carbocycles. The van der Waals surface area contributed by atoms with Gasteiger partial charge in [-0.2, -0.15) is 5.10 Å². The van der Waals surface area contributed by atoms with Crippen LogP contribution in [0.2, 0.25) is 0 Å². The van der Waals surface area contributed by atoms with Crippen LogP contribution >= 0.6 is 0 Å². The molecule has 0 saturated carbocycles. The smallest absolute Gasteiger partial charge is 0.226 e. The molecule has 1 unspecified atom stereocenters. The highest BCUT2D eigenvalue weighted by atomic mass is 16.5. The van der Waals surface area contributed by atoms with Gasteiger partial charge in [0.2, 0.25) is 5.91 Å². The van der Waals surface area contributed by atoms with E-state index in [-0.39, 0.29) is 11.8 Å². The Bertz CT molecular complexity index is 691. The molecule has 2 heterocycles. The van der Waals surface area contributed by atoms with Crippen LogP contribution in [0.4, 0.5) is 5.82 Å². The number of rotatable bonds is 3. The van der Waals surface area contributed by atoms with E-state index in [2.05, 4.69) is 16.5 Å². The van der Waals surface area contributed by atoms with Crippen LogP contribution in [-0.2, 0) is 11.3 Å². The van der Waals surface area contributed by atoms with E-state index in [4.69, 9.17) is 4.74 Å². The highest BCUT2D eigenvalue weighted by Crippen LogP contribution is 2.37. The average Bonchev–Trinajstić information content (AvgIpc) is 2.89. The molecular weight excluding hydrogens is 266 g/mol. The van der Waals surface area contributed by atoms with Crippen LogP contribution in [0.25, 0.3) is 0 Å². The van der Waals surface area contributed by atoms with Gasteiger partial charge >= 0.3 is 0 Å². The van der Waals surface area contributed by atoms with Crippen molar-refractivity contribution in [3.8, 4) is 5.75 Å². The number of methoxy groups -OCH3 is 1. The van der Waals surface area contributed by atoms with Gasteiger partial charge < -0.3 is 10.1 Å². The van der Waals surface area contributed by atoms with Gasteiger partial charge in [0.05, 0.1) is 7.11 Å². The van der Waals surface area contributed by atoms with E-state index >= 15 is 0 Å². The zero-order valence-corrected chi connectivity index (χ0v) is 12.5. The van der Waals surface area contributed by atoms with Crippen molar-refractivity contribution in [1.29, 1.82) is 0 Å². The van der Waals surface area contributed by atoms with Crippen molar-refractivity contribution in [2.75, 3.05) is 12.4 Å². The van der Waals surface area contributed by atoms with Crippen molar-refractivity contribution in [2.24, 2.45) is 0 Å². The van der Waals surface area contributed by atoms with E-state index in [1.807, 2.05) is 36.9 Å². The minimum absolute atomic E-state index is 0.0160. The van der Waals surface area contributed by atoms with Gasteiger partial charge in [-0.1, -0.05) is 12.1 Å². The number of benzene rings is 1. The lowest BCUT2D eigenvalue weighted by Gasteiger charge is -2.22. The maximum absolute atomic E-state index is 11.9. The van der Waals surface area contributed by atoms with Crippen molar-refractivity contribution in [3.63, 3.8) is 0 Å². The van der Waals surface area contributed by atoms with Crippen molar-refractivity contribution in [1.82, 2.24) is 9.78 Å². The summed E-state index contributed by atoms with van der Waals surface area (Å²) in [5, 5.41) is 7.27. The predicted octanol–water partition coefficient (Wildman–Crippen LogP) is 2.69. The normalized spacial score (nSPS) is 17.3. The Morgan fingerprint density at radius 3 is 2.95 bits per heavy atom. The van der Waals surface area contributed by atoms with Crippen molar-refractivity contribution in [3.05, 3.63) is 41.1 Å². The van der Waals surface area contributed by atoms with Gasteiger partial charge in [-0.3, -0.25) is 9.48 Å². The molecule has 5 heteroatoms. The van der Waals surface area contributed by atoms with Gasteiger partial charge in [0.15, 0.2) is 5.82 Å². The second-order valence-electron chi connectivity index (χ2n) is 5.32. The first-order valence-corrected chi connectivity index (χ1v) is 7.14. The topological polar surface area (TPSA) is 56.2 Å². The number of aromatic nitrogens is 2. The van der Waals surface area contributed by atoms with E-state index < -0.39 is 0 Å². The number of ether oxygens (including phenoxy) is 1. The first-order valence-electron chi connectivity index (χ1n) is 7.14. The number of amides is 1. The van der Waals surface area contributed by atoms with Gasteiger partial charge in [-0.25, -0.2) is 0 Å². The van der Waals surface area contributed by atoms with Crippen LogP contribution in [-0.4, -0.2) is 22.8 Å². The number of nitrogens with zero attached hydrogens (tertiary/aromatic N) is 2. The molecule has 0 saturated heterocycles. The molecule has 0 bridgehead atoms. The van der Waals surface area contributed by atoms with Crippen molar-refractivity contribution >= 4 is 11.7 Å². The summed E-state index contributed by atoms with van der Waals surface area (Å²) in [6.07, 6.45) is 2.48. The second kappa shape index (κ2) is 5.24. The van der Waals surface area contributed by atoms with Gasteiger partial charge in [-0.15, -0.1) is 0 Å². The number of fused-ring (bicyclic) bond motifs is 1. The SMILES string of the molecule is CCn1cc2c(n1)NC(=O)CC2c1ccc(OC)c(C)c1. The minimum atomic E-state index is 0.0160.